The molecule has 1 N–H and O–H groups in total. The van der Waals surface area contributed by atoms with E-state index in [0.29, 0.717) is 0 Å². The Bertz CT molecular complexity index is 542. The molecule has 1 unspecified atom stereocenters. The highest BCUT2D eigenvalue weighted by molar-refractivity contribution is 5.46. The lowest BCUT2D eigenvalue weighted by Gasteiger charge is -2.19. The molecule has 0 aromatic heterocycles. The van der Waals surface area contributed by atoms with E-state index in [-0.39, 0.29) is 12.4 Å². The number of hydrogen-bond acceptors (Lipinski definition) is 1. The molecule has 1 aliphatic heterocycles. The van der Waals surface area contributed by atoms with Gasteiger partial charge in [-0.25, -0.2) is 0 Å². The summed E-state index contributed by atoms with van der Waals surface area (Å²) >= 11 is 0. The number of ether oxygens (including phenoxy) is 1. The minimum atomic E-state index is 0. The van der Waals surface area contributed by atoms with Crippen molar-refractivity contribution >= 4 is 11.4 Å². The summed E-state index contributed by atoms with van der Waals surface area (Å²) in [5.41, 5.74) is 3.92. The highest BCUT2D eigenvalue weighted by Gasteiger charge is 2.15. The third-order valence-electron chi connectivity index (χ3n) is 3.55. The molecule has 1 atom stereocenters. The average molecular weight is 276 g/mol. The minimum absolute atomic E-state index is 0. The quantitative estimate of drug-likeness (QED) is 0.780. The molecule has 100 valence electrons. The lowest BCUT2D eigenvalue weighted by atomic mass is 10.1. The van der Waals surface area contributed by atoms with Gasteiger partial charge < -0.3 is 17.1 Å². The lowest BCUT2D eigenvalue weighted by molar-refractivity contribution is -0.735. The lowest BCUT2D eigenvalue weighted by Crippen LogP contribution is -3.00. The first-order valence-corrected chi connectivity index (χ1v) is 6.50. The van der Waals surface area contributed by atoms with E-state index in [2.05, 4.69) is 55.6 Å². The van der Waals surface area contributed by atoms with Gasteiger partial charge in [0.25, 0.3) is 0 Å². The van der Waals surface area contributed by atoms with Gasteiger partial charge in [-0.3, -0.25) is 4.90 Å². The van der Waals surface area contributed by atoms with E-state index in [1.807, 2.05) is 0 Å². The molecule has 3 rings (SSSR count). The van der Waals surface area contributed by atoms with Crippen molar-refractivity contribution in [2.45, 2.75) is 12.8 Å². The Balaban J connectivity index is 0.00000133. The van der Waals surface area contributed by atoms with E-state index in [0.717, 1.165) is 25.2 Å². The molecule has 2 aromatic rings. The van der Waals surface area contributed by atoms with Crippen molar-refractivity contribution in [3.8, 4) is 5.75 Å². The van der Waals surface area contributed by atoms with Crippen LogP contribution >= 0.6 is 0 Å². The maximum absolute atomic E-state index is 5.65. The number of halogens is 1. The first-order chi connectivity index (χ1) is 8.84. The largest absolute Gasteiger partial charge is 1.00 e. The Hall–Kier alpha value is -1.51. The van der Waals surface area contributed by atoms with Crippen LogP contribution in [0.1, 0.15) is 12.0 Å². The Morgan fingerprint density at radius 2 is 1.79 bits per heavy atom. The summed E-state index contributed by atoms with van der Waals surface area (Å²) in [5.74, 6) is 1.06. The smallest absolute Gasteiger partial charge is 0.136 e. The molecule has 2 aromatic carbocycles. The van der Waals surface area contributed by atoms with Gasteiger partial charge in [-0.05, 0) is 31.0 Å². The molecule has 19 heavy (non-hydrogen) atoms. The molecule has 1 aliphatic rings. The average Bonchev–Trinajstić information content (AvgIpc) is 2.47. The van der Waals surface area contributed by atoms with Gasteiger partial charge >= 0.3 is 0 Å². The Morgan fingerprint density at radius 3 is 2.58 bits per heavy atom. The zero-order valence-corrected chi connectivity index (χ0v) is 11.8. The zero-order valence-electron chi connectivity index (χ0n) is 11.0. The van der Waals surface area contributed by atoms with E-state index < -0.39 is 0 Å². The zero-order chi connectivity index (χ0) is 12.4. The van der Waals surface area contributed by atoms with Gasteiger partial charge in [-0.1, -0.05) is 18.2 Å². The van der Waals surface area contributed by atoms with Crippen molar-refractivity contribution in [1.82, 2.24) is 0 Å². The normalized spacial score (nSPS) is 14.8. The predicted molar refractivity (Wildman–Crippen MR) is 72.9 cm³/mol. The summed E-state index contributed by atoms with van der Waals surface area (Å²) in [6.07, 6.45) is 2.26. The standard InChI is InChI=1S/C16H17NO.ClH/c1-17(14-7-3-2-4-8-14)15-9-10-16-13(12-15)6-5-11-18-16;/h2-4,7-10,12H,5-6,11H2,1H3;1H. The first kappa shape index (κ1) is 13.9. The Morgan fingerprint density at radius 1 is 1.00 bits per heavy atom. The van der Waals surface area contributed by atoms with Crippen LogP contribution in [0, 0.1) is 0 Å². The van der Waals surface area contributed by atoms with Gasteiger partial charge in [0.05, 0.1) is 13.7 Å². The molecule has 0 radical (unpaired) electrons. The molecule has 1 heterocycles. The molecule has 2 nitrogen and oxygen atoms in total. The number of nitrogens with one attached hydrogen (secondary N) is 1. The molecule has 0 spiro atoms. The number of rotatable bonds is 2. The van der Waals surface area contributed by atoms with Gasteiger partial charge in [-0.2, -0.15) is 0 Å². The fourth-order valence-corrected chi connectivity index (χ4v) is 2.45. The van der Waals surface area contributed by atoms with Crippen LogP contribution in [0.4, 0.5) is 11.4 Å². The third kappa shape index (κ3) is 2.91. The Kier molecular flexibility index (Phi) is 4.46. The van der Waals surface area contributed by atoms with Crippen LogP contribution in [-0.2, 0) is 6.42 Å². The fourth-order valence-electron chi connectivity index (χ4n) is 2.45. The molecule has 0 saturated heterocycles. The topological polar surface area (TPSA) is 13.7 Å². The summed E-state index contributed by atoms with van der Waals surface area (Å²) in [4.78, 5) is 1.32. The molecule has 0 aliphatic carbocycles. The van der Waals surface area contributed by atoms with Crippen molar-refractivity contribution < 1.29 is 22.0 Å². The molecule has 0 fully saturated rings. The second kappa shape index (κ2) is 6.09. The Labute approximate surface area is 120 Å². The van der Waals surface area contributed by atoms with Gasteiger partial charge in [0.15, 0.2) is 0 Å². The second-order valence-corrected chi connectivity index (χ2v) is 4.77. The van der Waals surface area contributed by atoms with Crippen molar-refractivity contribution in [2.75, 3.05) is 13.7 Å². The van der Waals surface area contributed by atoms with Crippen molar-refractivity contribution in [3.05, 3.63) is 54.1 Å². The maximum Gasteiger partial charge on any atom is 0.136 e. The van der Waals surface area contributed by atoms with Crippen LogP contribution in [-0.4, -0.2) is 13.7 Å². The molecular weight excluding hydrogens is 258 g/mol. The number of fused-ring (bicyclic) bond motifs is 1. The first-order valence-electron chi connectivity index (χ1n) is 6.50. The number of para-hydroxylation sites is 1. The number of aryl methyl sites for hydroxylation is 1. The van der Waals surface area contributed by atoms with Crippen LogP contribution in [0.3, 0.4) is 0 Å². The van der Waals surface area contributed by atoms with Gasteiger partial charge in [0, 0.05) is 17.7 Å². The summed E-state index contributed by atoms with van der Waals surface area (Å²) in [7, 11) is 2.18. The van der Waals surface area contributed by atoms with Crippen LogP contribution in [0.2, 0.25) is 0 Å². The van der Waals surface area contributed by atoms with Crippen LogP contribution < -0.4 is 22.0 Å². The van der Waals surface area contributed by atoms with Crippen molar-refractivity contribution in [1.29, 1.82) is 0 Å². The molecule has 0 amide bonds. The van der Waals surface area contributed by atoms with Gasteiger partial charge in [-0.15, -0.1) is 0 Å². The molecule has 3 heteroatoms. The third-order valence-corrected chi connectivity index (χ3v) is 3.55. The van der Waals surface area contributed by atoms with E-state index >= 15 is 0 Å². The monoisotopic (exact) mass is 275 g/mol. The summed E-state index contributed by atoms with van der Waals surface area (Å²) in [6.45, 7) is 0.855. The summed E-state index contributed by atoms with van der Waals surface area (Å²) in [6, 6.07) is 17.1. The van der Waals surface area contributed by atoms with E-state index in [1.165, 1.54) is 21.8 Å². The van der Waals surface area contributed by atoms with Crippen molar-refractivity contribution in [3.63, 3.8) is 0 Å². The molecular formula is C16H18ClNO. The SMILES string of the molecule is C[NH+](c1ccccc1)c1ccc2c(c1)CCCO2.[Cl-]. The van der Waals surface area contributed by atoms with E-state index in [1.54, 1.807) is 0 Å². The van der Waals surface area contributed by atoms with E-state index in [4.69, 9.17) is 4.74 Å². The van der Waals surface area contributed by atoms with Gasteiger partial charge in [0.2, 0.25) is 0 Å². The minimum Gasteiger partial charge on any atom is -1.00 e. The summed E-state index contributed by atoms with van der Waals surface area (Å²) < 4.78 is 5.65. The second-order valence-electron chi connectivity index (χ2n) is 4.77. The fraction of sp³-hybridized carbons (Fsp3) is 0.250. The predicted octanol–water partition coefficient (Wildman–Crippen LogP) is -0.506. The van der Waals surface area contributed by atoms with Crippen LogP contribution in [0.5, 0.6) is 5.75 Å². The van der Waals surface area contributed by atoms with Crippen LogP contribution in [0.25, 0.3) is 0 Å². The number of hydrogen-bond donors (Lipinski definition) is 1. The number of quaternary nitrogens is 1. The van der Waals surface area contributed by atoms with Gasteiger partial charge in [0.1, 0.15) is 17.1 Å². The highest BCUT2D eigenvalue weighted by Crippen LogP contribution is 2.26. The summed E-state index contributed by atoms with van der Waals surface area (Å²) in [5, 5.41) is 0. The van der Waals surface area contributed by atoms with Crippen LogP contribution in [0.15, 0.2) is 48.5 Å². The molecule has 0 saturated carbocycles. The number of benzene rings is 2. The maximum atomic E-state index is 5.65. The molecule has 0 bridgehead atoms. The van der Waals surface area contributed by atoms with E-state index in [9.17, 15) is 0 Å². The van der Waals surface area contributed by atoms with Crippen molar-refractivity contribution in [2.24, 2.45) is 0 Å². The highest BCUT2D eigenvalue weighted by atomic mass is 35.5.